The molecule has 0 aliphatic carbocycles. The molecular formula is H4OS8W3-4. The van der Waals surface area contributed by atoms with E-state index < -0.39 is 29.8 Å². The topological polar surface area (TPSA) is 17.1 Å². The van der Waals surface area contributed by atoms with E-state index in [1.165, 1.54) is 0 Å². The van der Waals surface area contributed by atoms with Gasteiger partial charge in [-0.25, -0.2) is 0 Å². The van der Waals surface area contributed by atoms with Gasteiger partial charge < -0.3 is 54.0 Å². The first-order valence-corrected chi connectivity index (χ1v) is 17.7. The van der Waals surface area contributed by atoms with Crippen molar-refractivity contribution >= 4 is 93.3 Å². The molecule has 80 valence electrons. The Morgan fingerprint density at radius 3 is 0.667 bits per heavy atom. The van der Waals surface area contributed by atoms with E-state index in [1.54, 1.807) is 0 Å². The minimum absolute atomic E-state index is 0. The molecule has 0 aromatic rings. The molecule has 0 saturated heterocycles. The maximum absolute atomic E-state index is 8.33. The second-order valence-corrected chi connectivity index (χ2v) is 10.0. The molecule has 0 heterocycles. The minimum atomic E-state index is -0.583. The van der Waals surface area contributed by atoms with Gasteiger partial charge in [0.15, 0.2) is 0 Å². The van der Waals surface area contributed by atoms with Crippen molar-refractivity contribution < 1.29 is 53.0 Å². The van der Waals surface area contributed by atoms with Crippen LogP contribution in [-0.2, 0) is 107 Å². The van der Waals surface area contributed by atoms with Crippen LogP contribution >= 0.6 is 39.3 Å². The quantitative estimate of drug-likeness (QED) is 0.264. The van der Waals surface area contributed by atoms with E-state index in [-0.39, 0.29) is 54.0 Å². The van der Waals surface area contributed by atoms with E-state index in [0.29, 0.717) is 19.8 Å². The molecule has 0 aromatic carbocycles. The van der Waals surface area contributed by atoms with Crippen molar-refractivity contribution in [1.29, 1.82) is 0 Å². The number of hydrogen-bond donors (Lipinski definition) is 0. The second kappa shape index (κ2) is 80.2. The Morgan fingerprint density at radius 2 is 0.667 bits per heavy atom. The van der Waals surface area contributed by atoms with E-state index in [4.69, 9.17) is 3.40 Å². The standard InChI is InChI=1S/O.4H2S.4S.3W/h;4*1H2;;;;;;;/p-4. The van der Waals surface area contributed by atoms with Gasteiger partial charge >= 0.3 is 92.3 Å². The molecule has 0 radical (unpaired) electrons. The summed E-state index contributed by atoms with van der Waals surface area (Å²) in [6.07, 6.45) is 0. The fraction of sp³-hybridized carbons (Fsp3) is 0. The zero-order valence-corrected chi connectivity index (χ0v) is 20.7. The summed E-state index contributed by atoms with van der Waals surface area (Å²) in [5, 5.41) is 0. The fourth-order valence-electron chi connectivity index (χ4n) is 0. The van der Waals surface area contributed by atoms with Gasteiger partial charge in [-0.1, -0.05) is 0 Å². The molecule has 0 N–H and O–H groups in total. The molecule has 0 aliphatic rings. The Bertz CT molecular complexity index is 78.5. The van der Waals surface area contributed by atoms with Crippen molar-refractivity contribution in [2.24, 2.45) is 0 Å². The van der Waals surface area contributed by atoms with Gasteiger partial charge in [-0.15, -0.1) is 0 Å². The predicted octanol–water partition coefficient (Wildman–Crippen LogP) is 1.39. The van der Waals surface area contributed by atoms with Crippen molar-refractivity contribution in [3.8, 4) is 0 Å². The Hall–Kier alpha value is 4.14. The van der Waals surface area contributed by atoms with Crippen LogP contribution < -0.4 is 0 Å². The monoisotopic (exact) mass is 828 g/mol. The van der Waals surface area contributed by atoms with Crippen molar-refractivity contribution in [1.82, 2.24) is 0 Å². The molecule has 0 spiro atoms. The van der Waals surface area contributed by atoms with Crippen molar-refractivity contribution in [3.63, 3.8) is 0 Å². The third-order valence-corrected chi connectivity index (χ3v) is 0. The zero-order valence-electron chi connectivity index (χ0n) is 5.05. The summed E-state index contributed by atoms with van der Waals surface area (Å²) in [5.41, 5.74) is 0. The molecule has 0 amide bonds. The zero-order chi connectivity index (χ0) is 7.41. The molecule has 1 nitrogen and oxygen atoms in total. The van der Waals surface area contributed by atoms with E-state index in [9.17, 15) is 0 Å². The number of thiol groups is 4. The van der Waals surface area contributed by atoms with Gasteiger partial charge in [0.1, 0.15) is 0 Å². The van der Waals surface area contributed by atoms with Crippen molar-refractivity contribution in [2.75, 3.05) is 0 Å². The van der Waals surface area contributed by atoms with Crippen LogP contribution in [0.4, 0.5) is 0 Å². The average Bonchev–Trinajstić information content (AvgIpc) is 1.75. The average molecular weight is 828 g/mol. The summed E-state index contributed by atoms with van der Waals surface area (Å²) in [6.45, 7) is 0. The Labute approximate surface area is 143 Å². The molecule has 0 saturated carbocycles. The first-order chi connectivity index (χ1) is 3.83. The van der Waals surface area contributed by atoms with Gasteiger partial charge in [0.05, 0.1) is 0 Å². The first kappa shape index (κ1) is 44.3. The van der Waals surface area contributed by atoms with Crippen LogP contribution in [0.15, 0.2) is 0 Å². The third kappa shape index (κ3) is 142. The molecule has 0 aliphatic heterocycles. The van der Waals surface area contributed by atoms with Crippen LogP contribution in [0.2, 0.25) is 0 Å². The normalized spacial score (nSPS) is 2.33. The molecular weight excluding hydrogens is 824 g/mol. The predicted molar refractivity (Wildman–Crippen MR) is 66.1 cm³/mol. The fourth-order valence-corrected chi connectivity index (χ4v) is 0. The summed E-state index contributed by atoms with van der Waals surface area (Å²) in [6, 6.07) is 0. The molecule has 0 unspecified atom stereocenters. The van der Waals surface area contributed by atoms with Gasteiger partial charge in [-0.05, 0) is 0 Å². The van der Waals surface area contributed by atoms with Crippen molar-refractivity contribution in [2.45, 2.75) is 0 Å². The maximum atomic E-state index is 8.33. The molecule has 0 bridgehead atoms. The Balaban J connectivity index is -0.00000000544. The van der Waals surface area contributed by atoms with Gasteiger partial charge in [-0.3, -0.25) is 0 Å². The molecule has 0 atom stereocenters. The molecule has 12 heavy (non-hydrogen) atoms. The van der Waals surface area contributed by atoms with Crippen LogP contribution in [0.3, 0.4) is 0 Å². The summed E-state index contributed by atoms with van der Waals surface area (Å²) >= 11 is -0.833. The van der Waals surface area contributed by atoms with Crippen LogP contribution in [-0.4, -0.2) is 0 Å². The number of hydrogen-bond acceptors (Lipinski definition) is 9. The van der Waals surface area contributed by atoms with Gasteiger partial charge in [0.25, 0.3) is 0 Å². The van der Waals surface area contributed by atoms with Crippen LogP contribution in [0.5, 0.6) is 0 Å². The molecule has 0 fully saturated rings. The van der Waals surface area contributed by atoms with E-state index in [2.05, 4.69) is 39.3 Å². The summed E-state index contributed by atoms with van der Waals surface area (Å²) in [7, 11) is 17.5. The molecule has 0 rings (SSSR count). The van der Waals surface area contributed by atoms with E-state index >= 15 is 0 Å². The summed E-state index contributed by atoms with van der Waals surface area (Å²) in [5.74, 6) is 0. The second-order valence-electron chi connectivity index (χ2n) is 0.136. The summed E-state index contributed by atoms with van der Waals surface area (Å²) < 4.78 is 8.33. The van der Waals surface area contributed by atoms with E-state index in [0.717, 1.165) is 0 Å². The van der Waals surface area contributed by atoms with Crippen LogP contribution in [0.25, 0.3) is 0 Å². The van der Waals surface area contributed by atoms with Crippen LogP contribution in [0.1, 0.15) is 0 Å². The first-order valence-electron chi connectivity index (χ1n) is 0.833. The third-order valence-electron chi connectivity index (χ3n) is 0. The van der Waals surface area contributed by atoms with Crippen molar-refractivity contribution in [3.05, 3.63) is 0 Å². The summed E-state index contributed by atoms with van der Waals surface area (Å²) in [4.78, 5) is 0. The van der Waals surface area contributed by atoms with Crippen LogP contribution in [0, 0.1) is 0 Å². The molecule has 0 aromatic heterocycles. The van der Waals surface area contributed by atoms with E-state index in [1.807, 2.05) is 0 Å². The number of rotatable bonds is 0. The SMILES string of the molecule is [O]=[W].[SH-].[SH-].[SH-].[SH-].[S]=[W]=[S].[S]=[W]=[S]. The van der Waals surface area contributed by atoms with Gasteiger partial charge in [-0.2, -0.15) is 0 Å². The Morgan fingerprint density at radius 1 is 0.667 bits per heavy atom. The van der Waals surface area contributed by atoms with Gasteiger partial charge in [0, 0.05) is 0 Å². The van der Waals surface area contributed by atoms with Gasteiger partial charge in [0.2, 0.25) is 0 Å². The Kier molecular flexibility index (Phi) is 296. The molecule has 12 heteroatoms.